The van der Waals surface area contributed by atoms with Gasteiger partial charge in [0.05, 0.1) is 11.8 Å². The Kier molecular flexibility index (Phi) is 8.13. The molecule has 6 heteroatoms. The number of ketones is 1. The standard InChI is InChI=1S/C35H34N2O4/c1-6-37-31-18-16-26(24(5)36-41-35(39)34(40-22(2)3)25-13-8-7-9-14-25)20-29(31)30-21-27(17-19-32(30)37)33(38)28-15-11-10-12-23(28)4/h7-22,34H,6H2,1-5H3/b36-24+. The molecule has 1 unspecified atom stereocenters. The van der Waals surface area contributed by atoms with Gasteiger partial charge in [-0.25, -0.2) is 4.79 Å². The van der Waals surface area contributed by atoms with E-state index in [1.807, 2.05) is 112 Å². The molecule has 0 radical (unpaired) electrons. The molecule has 1 aromatic heterocycles. The molecule has 0 fully saturated rings. The first-order chi connectivity index (χ1) is 19.8. The normalized spacial score (nSPS) is 12.7. The topological polar surface area (TPSA) is 69.9 Å². The van der Waals surface area contributed by atoms with E-state index in [1.54, 1.807) is 6.92 Å². The maximum absolute atomic E-state index is 13.4. The van der Waals surface area contributed by atoms with Gasteiger partial charge in [-0.05, 0) is 81.6 Å². The third-order valence-corrected chi connectivity index (χ3v) is 7.25. The van der Waals surface area contributed by atoms with Crippen LogP contribution in [0.25, 0.3) is 21.8 Å². The van der Waals surface area contributed by atoms with Crippen LogP contribution in [0.2, 0.25) is 0 Å². The first kappa shape index (κ1) is 28.0. The van der Waals surface area contributed by atoms with E-state index in [1.165, 1.54) is 0 Å². The average molecular weight is 547 g/mol. The third kappa shape index (κ3) is 5.70. The quantitative estimate of drug-likeness (QED) is 0.0819. The van der Waals surface area contributed by atoms with Crippen molar-refractivity contribution in [1.82, 2.24) is 4.57 Å². The fourth-order valence-corrected chi connectivity index (χ4v) is 5.18. The van der Waals surface area contributed by atoms with Crippen LogP contribution < -0.4 is 0 Å². The first-order valence-corrected chi connectivity index (χ1v) is 13.9. The molecule has 0 amide bonds. The van der Waals surface area contributed by atoms with Gasteiger partial charge in [-0.2, -0.15) is 0 Å². The Morgan fingerprint density at radius 3 is 2.07 bits per heavy atom. The van der Waals surface area contributed by atoms with Crippen LogP contribution in [0.1, 0.15) is 66.4 Å². The van der Waals surface area contributed by atoms with E-state index in [0.29, 0.717) is 22.4 Å². The minimum atomic E-state index is -0.873. The van der Waals surface area contributed by atoms with Crippen LogP contribution in [-0.2, 0) is 20.9 Å². The number of rotatable bonds is 9. The van der Waals surface area contributed by atoms with Crippen molar-refractivity contribution in [2.24, 2.45) is 5.16 Å². The lowest BCUT2D eigenvalue weighted by Crippen LogP contribution is -2.21. The summed E-state index contributed by atoms with van der Waals surface area (Å²) in [5.41, 5.74) is 6.49. The van der Waals surface area contributed by atoms with Gasteiger partial charge in [0.2, 0.25) is 0 Å². The van der Waals surface area contributed by atoms with Gasteiger partial charge in [-0.3, -0.25) is 4.79 Å². The van der Waals surface area contributed by atoms with Gasteiger partial charge < -0.3 is 14.1 Å². The van der Waals surface area contributed by atoms with Crippen molar-refractivity contribution in [2.75, 3.05) is 0 Å². The molecule has 4 aromatic carbocycles. The molecule has 1 heterocycles. The Bertz CT molecular complexity index is 1770. The van der Waals surface area contributed by atoms with Gasteiger partial charge in [-0.15, -0.1) is 0 Å². The number of hydrogen-bond donors (Lipinski definition) is 0. The molecule has 208 valence electrons. The van der Waals surface area contributed by atoms with E-state index in [0.717, 1.165) is 39.5 Å². The van der Waals surface area contributed by atoms with Gasteiger partial charge in [0.25, 0.3) is 0 Å². The van der Waals surface area contributed by atoms with Crippen molar-refractivity contribution < 1.29 is 19.2 Å². The lowest BCUT2D eigenvalue weighted by molar-refractivity contribution is -0.160. The highest BCUT2D eigenvalue weighted by atomic mass is 16.7. The highest BCUT2D eigenvalue weighted by molar-refractivity contribution is 6.16. The van der Waals surface area contributed by atoms with E-state index >= 15 is 0 Å². The summed E-state index contributed by atoms with van der Waals surface area (Å²) in [4.78, 5) is 31.8. The lowest BCUT2D eigenvalue weighted by Gasteiger charge is -2.18. The van der Waals surface area contributed by atoms with Crippen LogP contribution in [-0.4, -0.2) is 28.1 Å². The molecule has 0 aliphatic heterocycles. The summed E-state index contributed by atoms with van der Waals surface area (Å²) in [6.07, 6.45) is -1.04. The predicted octanol–water partition coefficient (Wildman–Crippen LogP) is 7.79. The fourth-order valence-electron chi connectivity index (χ4n) is 5.18. The molecule has 6 nitrogen and oxygen atoms in total. The highest BCUT2D eigenvalue weighted by Gasteiger charge is 2.25. The number of aromatic nitrogens is 1. The van der Waals surface area contributed by atoms with E-state index in [9.17, 15) is 9.59 Å². The van der Waals surface area contributed by atoms with Crippen molar-refractivity contribution in [3.05, 3.63) is 119 Å². The Morgan fingerprint density at radius 1 is 0.829 bits per heavy atom. The molecule has 5 rings (SSSR count). The second kappa shape index (κ2) is 11.9. The van der Waals surface area contributed by atoms with Crippen molar-refractivity contribution >= 4 is 39.3 Å². The third-order valence-electron chi connectivity index (χ3n) is 7.25. The zero-order valence-electron chi connectivity index (χ0n) is 24.0. The van der Waals surface area contributed by atoms with E-state index in [4.69, 9.17) is 9.57 Å². The largest absolute Gasteiger partial charge is 0.368 e. The van der Waals surface area contributed by atoms with Gasteiger partial charge in [0.1, 0.15) is 0 Å². The molecule has 0 N–H and O–H groups in total. The zero-order valence-corrected chi connectivity index (χ0v) is 24.0. The average Bonchev–Trinajstić information content (AvgIpc) is 3.31. The maximum atomic E-state index is 13.4. The second-order valence-corrected chi connectivity index (χ2v) is 10.4. The molecule has 1 atom stereocenters. The monoisotopic (exact) mass is 546 g/mol. The molecule has 0 aliphatic carbocycles. The SMILES string of the molecule is CCn1c2ccc(C(=O)c3ccccc3C)cc2c2cc(/C(C)=N/OC(=O)C(OC(C)C)c3ccccc3)ccc21. The summed E-state index contributed by atoms with van der Waals surface area (Å²) in [7, 11) is 0. The number of aryl methyl sites for hydroxylation is 2. The van der Waals surface area contributed by atoms with Gasteiger partial charge in [-0.1, -0.05) is 65.8 Å². The number of carbonyl (C=O) groups is 2. The summed E-state index contributed by atoms with van der Waals surface area (Å²) in [5, 5.41) is 6.18. The van der Waals surface area contributed by atoms with Crippen LogP contribution in [0.15, 0.2) is 96.2 Å². The van der Waals surface area contributed by atoms with Crippen LogP contribution in [0.5, 0.6) is 0 Å². The van der Waals surface area contributed by atoms with Crippen LogP contribution in [0.3, 0.4) is 0 Å². The Labute approximate surface area is 240 Å². The lowest BCUT2D eigenvalue weighted by atomic mass is 9.97. The molecule has 0 saturated carbocycles. The molecule has 0 saturated heterocycles. The summed E-state index contributed by atoms with van der Waals surface area (Å²) < 4.78 is 8.09. The first-order valence-electron chi connectivity index (χ1n) is 13.9. The fraction of sp³-hybridized carbons (Fsp3) is 0.229. The number of carbonyl (C=O) groups excluding carboxylic acids is 2. The van der Waals surface area contributed by atoms with Gasteiger partial charge in [0, 0.05) is 39.5 Å². The molecule has 0 aliphatic rings. The maximum Gasteiger partial charge on any atom is 0.368 e. The van der Waals surface area contributed by atoms with E-state index in [2.05, 4.69) is 16.6 Å². The minimum absolute atomic E-state index is 0.000189. The number of oxime groups is 1. The van der Waals surface area contributed by atoms with Crippen LogP contribution >= 0.6 is 0 Å². The Balaban J connectivity index is 1.49. The number of nitrogens with zero attached hydrogens (tertiary/aromatic N) is 2. The van der Waals surface area contributed by atoms with Gasteiger partial charge in [0.15, 0.2) is 11.9 Å². The molecule has 0 spiro atoms. The highest BCUT2D eigenvalue weighted by Crippen LogP contribution is 2.32. The summed E-state index contributed by atoms with van der Waals surface area (Å²) >= 11 is 0. The van der Waals surface area contributed by atoms with Crippen molar-refractivity contribution in [1.29, 1.82) is 0 Å². The Morgan fingerprint density at radius 2 is 1.44 bits per heavy atom. The van der Waals surface area contributed by atoms with Crippen LogP contribution in [0.4, 0.5) is 0 Å². The molecule has 0 bridgehead atoms. The smallest absolute Gasteiger partial charge is 0.359 e. The number of benzene rings is 4. The predicted molar refractivity (Wildman–Crippen MR) is 163 cm³/mol. The van der Waals surface area contributed by atoms with Crippen molar-refractivity contribution in [3.63, 3.8) is 0 Å². The van der Waals surface area contributed by atoms with Crippen LogP contribution in [0, 0.1) is 6.92 Å². The molecule has 5 aromatic rings. The number of hydrogen-bond acceptors (Lipinski definition) is 5. The number of ether oxygens (including phenoxy) is 1. The minimum Gasteiger partial charge on any atom is -0.359 e. The summed E-state index contributed by atoms with van der Waals surface area (Å²) in [6, 6.07) is 28.9. The summed E-state index contributed by atoms with van der Waals surface area (Å²) in [5.74, 6) is -0.577. The van der Waals surface area contributed by atoms with E-state index in [-0.39, 0.29) is 11.9 Å². The molecular formula is C35H34N2O4. The van der Waals surface area contributed by atoms with Crippen molar-refractivity contribution in [2.45, 2.75) is 53.4 Å². The molecular weight excluding hydrogens is 512 g/mol. The Hall–Kier alpha value is -4.55. The van der Waals surface area contributed by atoms with Gasteiger partial charge >= 0.3 is 5.97 Å². The van der Waals surface area contributed by atoms with E-state index < -0.39 is 12.1 Å². The second-order valence-electron chi connectivity index (χ2n) is 10.4. The number of fused-ring (bicyclic) bond motifs is 3. The molecule has 41 heavy (non-hydrogen) atoms. The van der Waals surface area contributed by atoms with Crippen molar-refractivity contribution in [3.8, 4) is 0 Å². The zero-order chi connectivity index (χ0) is 29.1. The summed E-state index contributed by atoms with van der Waals surface area (Å²) in [6.45, 7) is 10.4.